The molecule has 0 bridgehead atoms. The van der Waals surface area contributed by atoms with E-state index in [1.807, 2.05) is 38.1 Å². The van der Waals surface area contributed by atoms with Crippen LogP contribution < -0.4 is 16.2 Å². The minimum Gasteiger partial charge on any atom is -0.494 e. The fraction of sp³-hybridized carbons (Fsp3) is 0.333. The Hall–Kier alpha value is -2.14. The van der Waals surface area contributed by atoms with Crippen LogP contribution in [0.4, 0.5) is 0 Å². The molecule has 0 spiro atoms. The highest BCUT2D eigenvalue weighted by Gasteiger charge is 2.13. The van der Waals surface area contributed by atoms with Gasteiger partial charge in [-0.05, 0) is 25.5 Å². The molecule has 1 heterocycles. The minimum absolute atomic E-state index is 0.292. The first-order chi connectivity index (χ1) is 9.61. The summed E-state index contributed by atoms with van der Waals surface area (Å²) in [7, 11) is 0. The quantitative estimate of drug-likeness (QED) is 0.899. The summed E-state index contributed by atoms with van der Waals surface area (Å²) >= 11 is 0. The zero-order valence-electron chi connectivity index (χ0n) is 11.7. The van der Waals surface area contributed by atoms with Gasteiger partial charge in [-0.15, -0.1) is 0 Å². The van der Waals surface area contributed by atoms with Gasteiger partial charge < -0.3 is 10.5 Å². The molecule has 106 valence electrons. The molecule has 1 aromatic heterocycles. The molecule has 0 radical (unpaired) electrons. The van der Waals surface area contributed by atoms with Gasteiger partial charge >= 0.3 is 5.69 Å². The van der Waals surface area contributed by atoms with E-state index in [-0.39, 0.29) is 11.7 Å². The number of nitrogens with two attached hydrogens (primary N) is 1. The summed E-state index contributed by atoms with van der Waals surface area (Å²) in [6, 6.07) is 7.30. The third kappa shape index (κ3) is 3.24. The second-order valence-electron chi connectivity index (χ2n) is 4.64. The van der Waals surface area contributed by atoms with Gasteiger partial charge in [-0.1, -0.05) is 18.2 Å². The maximum atomic E-state index is 11.7. The van der Waals surface area contributed by atoms with Crippen LogP contribution in [0, 0.1) is 6.92 Å². The van der Waals surface area contributed by atoms with Crippen molar-refractivity contribution in [2.75, 3.05) is 6.61 Å². The molecule has 2 aromatic rings. The van der Waals surface area contributed by atoms with E-state index in [2.05, 4.69) is 4.98 Å². The Morgan fingerprint density at radius 1 is 1.40 bits per heavy atom. The van der Waals surface area contributed by atoms with Gasteiger partial charge in [-0.2, -0.15) is 0 Å². The Bertz CT molecular complexity index is 637. The van der Waals surface area contributed by atoms with Crippen molar-refractivity contribution in [1.82, 2.24) is 9.55 Å². The van der Waals surface area contributed by atoms with Gasteiger partial charge in [0.2, 0.25) is 0 Å². The van der Waals surface area contributed by atoms with Gasteiger partial charge in [0.15, 0.2) is 0 Å². The Morgan fingerprint density at radius 2 is 2.15 bits per heavy atom. The van der Waals surface area contributed by atoms with Gasteiger partial charge in [0.05, 0.1) is 12.6 Å². The van der Waals surface area contributed by atoms with E-state index in [0.29, 0.717) is 13.2 Å². The maximum Gasteiger partial charge on any atom is 0.347 e. The van der Waals surface area contributed by atoms with E-state index < -0.39 is 0 Å². The summed E-state index contributed by atoms with van der Waals surface area (Å²) in [6.07, 6.45) is 3.32. The van der Waals surface area contributed by atoms with E-state index in [0.717, 1.165) is 16.9 Å². The summed E-state index contributed by atoms with van der Waals surface area (Å²) in [6.45, 7) is 4.77. The first-order valence-electron chi connectivity index (χ1n) is 6.62. The van der Waals surface area contributed by atoms with Gasteiger partial charge in [-0.25, -0.2) is 9.78 Å². The molecule has 0 amide bonds. The summed E-state index contributed by atoms with van der Waals surface area (Å²) in [5.41, 5.74) is 7.74. The molecule has 1 atom stereocenters. The van der Waals surface area contributed by atoms with Crippen molar-refractivity contribution < 1.29 is 4.74 Å². The van der Waals surface area contributed by atoms with Gasteiger partial charge in [0.25, 0.3) is 0 Å². The van der Waals surface area contributed by atoms with Crippen molar-refractivity contribution >= 4 is 0 Å². The van der Waals surface area contributed by atoms with Crippen molar-refractivity contribution in [1.29, 1.82) is 0 Å². The average Bonchev–Trinajstić information content (AvgIpc) is 2.44. The SMILES string of the molecule is CCOc1ccccc1C(N)Cn1cc(C)cnc1=O. The summed E-state index contributed by atoms with van der Waals surface area (Å²) < 4.78 is 7.10. The second-order valence-corrected chi connectivity index (χ2v) is 4.64. The van der Waals surface area contributed by atoms with Crippen molar-refractivity contribution in [3.63, 3.8) is 0 Å². The smallest absolute Gasteiger partial charge is 0.347 e. The number of aromatic nitrogens is 2. The summed E-state index contributed by atoms with van der Waals surface area (Å²) in [4.78, 5) is 15.5. The van der Waals surface area contributed by atoms with Gasteiger partial charge in [-0.3, -0.25) is 4.57 Å². The molecule has 5 heteroatoms. The van der Waals surface area contributed by atoms with E-state index in [4.69, 9.17) is 10.5 Å². The third-order valence-electron chi connectivity index (χ3n) is 3.00. The molecule has 0 fully saturated rings. The maximum absolute atomic E-state index is 11.7. The Morgan fingerprint density at radius 3 is 2.90 bits per heavy atom. The lowest BCUT2D eigenvalue weighted by Gasteiger charge is -2.17. The van der Waals surface area contributed by atoms with E-state index in [9.17, 15) is 4.79 Å². The molecule has 0 aliphatic heterocycles. The number of hydrogen-bond acceptors (Lipinski definition) is 4. The Labute approximate surface area is 118 Å². The first-order valence-corrected chi connectivity index (χ1v) is 6.62. The topological polar surface area (TPSA) is 70.1 Å². The van der Waals surface area contributed by atoms with E-state index in [1.165, 1.54) is 4.57 Å². The van der Waals surface area contributed by atoms with Crippen molar-refractivity contribution in [3.8, 4) is 5.75 Å². The molecule has 2 rings (SSSR count). The van der Waals surface area contributed by atoms with Gasteiger partial charge in [0, 0.05) is 24.5 Å². The van der Waals surface area contributed by atoms with Crippen LogP contribution in [0.15, 0.2) is 41.5 Å². The largest absolute Gasteiger partial charge is 0.494 e. The van der Waals surface area contributed by atoms with Crippen LogP contribution in [0.25, 0.3) is 0 Å². The van der Waals surface area contributed by atoms with Crippen LogP contribution >= 0.6 is 0 Å². The third-order valence-corrected chi connectivity index (χ3v) is 3.00. The lowest BCUT2D eigenvalue weighted by molar-refractivity contribution is 0.332. The molecule has 1 aromatic carbocycles. The van der Waals surface area contributed by atoms with E-state index >= 15 is 0 Å². The molecule has 0 aliphatic carbocycles. The Balaban J connectivity index is 2.26. The van der Waals surface area contributed by atoms with Crippen LogP contribution in [0.1, 0.15) is 24.1 Å². The number of rotatable bonds is 5. The molecule has 1 unspecified atom stereocenters. The number of ether oxygens (including phenoxy) is 1. The Kier molecular flexibility index (Phi) is 4.53. The lowest BCUT2D eigenvalue weighted by Crippen LogP contribution is -2.28. The van der Waals surface area contributed by atoms with Crippen molar-refractivity contribution in [3.05, 3.63) is 58.3 Å². The number of para-hydroxylation sites is 1. The highest BCUT2D eigenvalue weighted by Crippen LogP contribution is 2.24. The normalized spacial score (nSPS) is 12.2. The molecular weight excluding hydrogens is 254 g/mol. The number of benzene rings is 1. The van der Waals surface area contributed by atoms with Crippen LogP contribution in [-0.4, -0.2) is 16.2 Å². The van der Waals surface area contributed by atoms with Crippen LogP contribution in [-0.2, 0) is 6.54 Å². The molecule has 5 nitrogen and oxygen atoms in total. The van der Waals surface area contributed by atoms with Crippen LogP contribution in [0.3, 0.4) is 0 Å². The van der Waals surface area contributed by atoms with Crippen molar-refractivity contribution in [2.24, 2.45) is 5.73 Å². The number of nitrogens with zero attached hydrogens (tertiary/aromatic N) is 2. The molecule has 2 N–H and O–H groups in total. The molecule has 0 aliphatic rings. The fourth-order valence-corrected chi connectivity index (χ4v) is 2.08. The molecule has 0 saturated heterocycles. The van der Waals surface area contributed by atoms with E-state index in [1.54, 1.807) is 12.4 Å². The molecular formula is C15H19N3O2. The second kappa shape index (κ2) is 6.34. The number of hydrogen-bond donors (Lipinski definition) is 1. The van der Waals surface area contributed by atoms with Gasteiger partial charge in [0.1, 0.15) is 5.75 Å². The predicted octanol–water partition coefficient (Wildman–Crippen LogP) is 1.65. The molecule has 0 saturated carbocycles. The monoisotopic (exact) mass is 273 g/mol. The van der Waals surface area contributed by atoms with Crippen LogP contribution in [0.2, 0.25) is 0 Å². The average molecular weight is 273 g/mol. The fourth-order valence-electron chi connectivity index (χ4n) is 2.08. The van der Waals surface area contributed by atoms with Crippen LogP contribution in [0.5, 0.6) is 5.75 Å². The zero-order valence-corrected chi connectivity index (χ0v) is 11.7. The zero-order chi connectivity index (χ0) is 14.5. The number of aryl methyl sites for hydroxylation is 1. The predicted molar refractivity (Wildman–Crippen MR) is 77.8 cm³/mol. The highest BCUT2D eigenvalue weighted by atomic mass is 16.5. The summed E-state index contributed by atoms with van der Waals surface area (Å²) in [5.74, 6) is 0.760. The standard InChI is InChI=1S/C15H19N3O2/c1-3-20-14-7-5-4-6-12(14)13(16)10-18-9-11(2)8-17-15(18)19/h4-9,13H,3,10,16H2,1-2H3. The van der Waals surface area contributed by atoms with Crippen molar-refractivity contribution in [2.45, 2.75) is 26.4 Å². The lowest BCUT2D eigenvalue weighted by atomic mass is 10.1. The highest BCUT2D eigenvalue weighted by molar-refractivity contribution is 5.35. The summed E-state index contributed by atoms with van der Waals surface area (Å²) in [5, 5.41) is 0. The molecule has 20 heavy (non-hydrogen) atoms. The first kappa shape index (κ1) is 14.3. The minimum atomic E-state index is -0.320.